The molecular weight excluding hydrogens is 190 g/mol. The molecule has 15 heavy (non-hydrogen) atoms. The van der Waals surface area contributed by atoms with Gasteiger partial charge in [0.2, 0.25) is 0 Å². The summed E-state index contributed by atoms with van der Waals surface area (Å²) in [6.45, 7) is 4.58. The lowest BCUT2D eigenvalue weighted by Crippen LogP contribution is -2.41. The highest BCUT2D eigenvalue weighted by Crippen LogP contribution is 2.30. The number of hydrogen-bond acceptors (Lipinski definition) is 3. The zero-order chi connectivity index (χ0) is 10.7. The van der Waals surface area contributed by atoms with Crippen molar-refractivity contribution >= 4 is 5.97 Å². The van der Waals surface area contributed by atoms with E-state index >= 15 is 0 Å². The zero-order valence-electron chi connectivity index (χ0n) is 9.58. The maximum absolute atomic E-state index is 11.7. The van der Waals surface area contributed by atoms with Crippen molar-refractivity contribution in [2.75, 3.05) is 19.7 Å². The maximum Gasteiger partial charge on any atom is 0.323 e. The highest BCUT2D eigenvalue weighted by Gasteiger charge is 2.34. The molecule has 2 rings (SSSR count). The minimum Gasteiger partial charge on any atom is -0.465 e. The van der Waals surface area contributed by atoms with Crippen LogP contribution in [0.4, 0.5) is 0 Å². The van der Waals surface area contributed by atoms with E-state index in [0.717, 1.165) is 31.8 Å². The first-order chi connectivity index (χ1) is 7.31. The number of likely N-dealkylation sites (tertiary alicyclic amines) is 1. The first-order valence-corrected chi connectivity index (χ1v) is 6.22. The maximum atomic E-state index is 11.7. The Kier molecular flexibility index (Phi) is 3.62. The van der Waals surface area contributed by atoms with E-state index in [1.165, 1.54) is 19.3 Å². The summed E-state index contributed by atoms with van der Waals surface area (Å²) < 4.78 is 5.11. The van der Waals surface area contributed by atoms with Crippen molar-refractivity contribution in [2.24, 2.45) is 5.92 Å². The number of hydrogen-bond donors (Lipinski definition) is 0. The van der Waals surface area contributed by atoms with Gasteiger partial charge in [0.1, 0.15) is 6.04 Å². The van der Waals surface area contributed by atoms with Crippen molar-refractivity contribution in [3.05, 3.63) is 0 Å². The monoisotopic (exact) mass is 211 g/mol. The van der Waals surface area contributed by atoms with Crippen LogP contribution in [0.3, 0.4) is 0 Å². The first-order valence-electron chi connectivity index (χ1n) is 6.22. The van der Waals surface area contributed by atoms with Gasteiger partial charge in [-0.05, 0) is 45.1 Å². The van der Waals surface area contributed by atoms with Gasteiger partial charge in [-0.3, -0.25) is 9.69 Å². The fourth-order valence-corrected chi connectivity index (χ4v) is 2.56. The lowest BCUT2D eigenvalue weighted by atomic mass is 9.85. The quantitative estimate of drug-likeness (QED) is 0.664. The van der Waals surface area contributed by atoms with Crippen molar-refractivity contribution in [1.82, 2.24) is 4.90 Å². The molecule has 0 bridgehead atoms. The van der Waals surface area contributed by atoms with E-state index < -0.39 is 0 Å². The van der Waals surface area contributed by atoms with Crippen LogP contribution < -0.4 is 0 Å². The number of rotatable bonds is 4. The van der Waals surface area contributed by atoms with Crippen LogP contribution in [-0.2, 0) is 9.53 Å². The lowest BCUT2D eigenvalue weighted by Gasteiger charge is -2.32. The van der Waals surface area contributed by atoms with Crippen molar-refractivity contribution < 1.29 is 9.53 Å². The van der Waals surface area contributed by atoms with Gasteiger partial charge in [0.15, 0.2) is 0 Å². The van der Waals surface area contributed by atoms with Crippen molar-refractivity contribution in [1.29, 1.82) is 0 Å². The van der Waals surface area contributed by atoms with Crippen LogP contribution in [0.15, 0.2) is 0 Å². The van der Waals surface area contributed by atoms with Crippen LogP contribution in [0, 0.1) is 5.92 Å². The van der Waals surface area contributed by atoms with Crippen LogP contribution in [-0.4, -0.2) is 36.6 Å². The van der Waals surface area contributed by atoms with Crippen LogP contribution in [0.5, 0.6) is 0 Å². The molecule has 3 heteroatoms. The van der Waals surface area contributed by atoms with Gasteiger partial charge in [-0.2, -0.15) is 0 Å². The molecule has 1 saturated carbocycles. The smallest absolute Gasteiger partial charge is 0.323 e. The van der Waals surface area contributed by atoms with Gasteiger partial charge in [-0.15, -0.1) is 0 Å². The Morgan fingerprint density at radius 2 is 2.13 bits per heavy atom. The Morgan fingerprint density at radius 1 is 1.33 bits per heavy atom. The summed E-state index contributed by atoms with van der Waals surface area (Å²) >= 11 is 0. The van der Waals surface area contributed by atoms with E-state index in [-0.39, 0.29) is 12.0 Å². The summed E-state index contributed by atoms with van der Waals surface area (Å²) in [6, 6.07) is 0.0607. The Hall–Kier alpha value is -0.570. The Bertz CT molecular complexity index is 226. The highest BCUT2D eigenvalue weighted by atomic mass is 16.5. The van der Waals surface area contributed by atoms with E-state index in [9.17, 15) is 4.79 Å². The molecular formula is C12H21NO2. The van der Waals surface area contributed by atoms with Gasteiger partial charge in [0.05, 0.1) is 6.61 Å². The average molecular weight is 211 g/mol. The topological polar surface area (TPSA) is 29.5 Å². The number of carbonyl (C=O) groups is 1. The predicted octanol–water partition coefficient (Wildman–Crippen LogP) is 1.81. The lowest BCUT2D eigenvalue weighted by molar-refractivity contribution is -0.148. The number of ether oxygens (including phenoxy) is 1. The van der Waals surface area contributed by atoms with Crippen LogP contribution >= 0.6 is 0 Å². The summed E-state index contributed by atoms with van der Waals surface area (Å²) in [5, 5.41) is 0. The van der Waals surface area contributed by atoms with Crippen molar-refractivity contribution in [2.45, 2.75) is 45.1 Å². The minimum atomic E-state index is -0.00526. The fraction of sp³-hybridized carbons (Fsp3) is 0.917. The van der Waals surface area contributed by atoms with Gasteiger partial charge < -0.3 is 4.74 Å². The Balaban J connectivity index is 1.83. The summed E-state index contributed by atoms with van der Waals surface area (Å²) in [7, 11) is 0. The number of carbonyl (C=O) groups excluding carboxylic acids is 1. The third kappa shape index (κ3) is 2.51. The molecule has 1 aliphatic carbocycles. The molecule has 0 amide bonds. The molecule has 0 aromatic heterocycles. The molecule has 1 aliphatic heterocycles. The SMILES string of the molecule is CCOC(=O)C1CCCN1CC1CCC1. The van der Waals surface area contributed by atoms with E-state index in [1.807, 2.05) is 6.92 Å². The van der Waals surface area contributed by atoms with Gasteiger partial charge in [0.25, 0.3) is 0 Å². The van der Waals surface area contributed by atoms with Crippen molar-refractivity contribution in [3.63, 3.8) is 0 Å². The molecule has 1 unspecified atom stereocenters. The second-order valence-corrected chi connectivity index (χ2v) is 4.70. The first kappa shape index (κ1) is 10.9. The van der Waals surface area contributed by atoms with Crippen molar-refractivity contribution in [3.8, 4) is 0 Å². The second kappa shape index (κ2) is 4.97. The molecule has 0 aromatic carbocycles. The Labute approximate surface area is 91.8 Å². The third-order valence-corrected chi connectivity index (χ3v) is 3.64. The molecule has 0 aromatic rings. The Morgan fingerprint density at radius 3 is 2.73 bits per heavy atom. The normalized spacial score (nSPS) is 27.7. The summed E-state index contributed by atoms with van der Waals surface area (Å²) in [5.41, 5.74) is 0. The third-order valence-electron chi connectivity index (χ3n) is 3.64. The van der Waals surface area contributed by atoms with Crippen LogP contribution in [0.25, 0.3) is 0 Å². The van der Waals surface area contributed by atoms with E-state index in [1.54, 1.807) is 0 Å². The average Bonchev–Trinajstić information content (AvgIpc) is 2.59. The van der Waals surface area contributed by atoms with E-state index in [2.05, 4.69) is 4.90 Å². The van der Waals surface area contributed by atoms with Crippen LogP contribution in [0.2, 0.25) is 0 Å². The van der Waals surface area contributed by atoms with E-state index in [4.69, 9.17) is 4.74 Å². The fourth-order valence-electron chi connectivity index (χ4n) is 2.56. The second-order valence-electron chi connectivity index (χ2n) is 4.70. The van der Waals surface area contributed by atoms with Gasteiger partial charge >= 0.3 is 5.97 Å². The summed E-state index contributed by atoms with van der Waals surface area (Å²) in [5.74, 6) is 0.842. The molecule has 3 nitrogen and oxygen atoms in total. The largest absolute Gasteiger partial charge is 0.465 e. The van der Waals surface area contributed by atoms with Crippen LogP contribution in [0.1, 0.15) is 39.0 Å². The highest BCUT2D eigenvalue weighted by molar-refractivity contribution is 5.76. The predicted molar refractivity (Wildman–Crippen MR) is 58.6 cm³/mol. The van der Waals surface area contributed by atoms with E-state index in [0.29, 0.717) is 6.61 Å². The van der Waals surface area contributed by atoms with Gasteiger partial charge in [0, 0.05) is 6.54 Å². The van der Waals surface area contributed by atoms with Gasteiger partial charge in [-0.1, -0.05) is 6.42 Å². The molecule has 2 aliphatic rings. The minimum absolute atomic E-state index is 0.00526. The molecule has 1 heterocycles. The summed E-state index contributed by atoms with van der Waals surface area (Å²) in [6.07, 6.45) is 6.22. The molecule has 0 N–H and O–H groups in total. The molecule has 0 radical (unpaired) electrons. The zero-order valence-corrected chi connectivity index (χ0v) is 9.58. The summed E-state index contributed by atoms with van der Waals surface area (Å²) in [4.78, 5) is 14.0. The number of nitrogens with zero attached hydrogens (tertiary/aromatic N) is 1. The molecule has 2 fully saturated rings. The molecule has 1 atom stereocenters. The molecule has 1 saturated heterocycles. The number of esters is 1. The van der Waals surface area contributed by atoms with Gasteiger partial charge in [-0.25, -0.2) is 0 Å². The molecule has 86 valence electrons. The standard InChI is InChI=1S/C12H21NO2/c1-2-15-12(14)11-7-4-8-13(11)9-10-5-3-6-10/h10-11H,2-9H2,1H3. The molecule has 0 spiro atoms.